The zero-order valence-electron chi connectivity index (χ0n) is 17.9. The maximum Gasteiger partial charge on any atom is 0.244 e. The Labute approximate surface area is 185 Å². The fourth-order valence-corrected chi connectivity index (χ4v) is 4.16. The number of aryl methyl sites for hydroxylation is 1. The van der Waals surface area contributed by atoms with E-state index in [-0.39, 0.29) is 5.91 Å². The number of pyridine rings is 1. The van der Waals surface area contributed by atoms with E-state index in [9.17, 15) is 4.79 Å². The molecule has 1 aliphatic rings. The highest BCUT2D eigenvalue weighted by Crippen LogP contribution is 2.29. The van der Waals surface area contributed by atoms with Crippen molar-refractivity contribution < 1.29 is 4.79 Å². The van der Waals surface area contributed by atoms with Crippen LogP contribution in [0.15, 0.2) is 61.2 Å². The van der Waals surface area contributed by atoms with Crippen LogP contribution in [0.2, 0.25) is 0 Å². The Balaban J connectivity index is 1.28. The molecular formula is C24H25N7O. The van der Waals surface area contributed by atoms with E-state index >= 15 is 0 Å². The molecule has 162 valence electrons. The summed E-state index contributed by atoms with van der Waals surface area (Å²) in [5, 5.41) is 3.99. The minimum atomic E-state index is -0.932. The number of nitrogens with two attached hydrogens (primary N) is 1. The highest BCUT2D eigenvalue weighted by molar-refractivity contribution is 5.98. The van der Waals surface area contributed by atoms with Gasteiger partial charge in [-0.2, -0.15) is 0 Å². The topological polar surface area (TPSA) is 113 Å². The molecule has 0 aliphatic carbocycles. The molecule has 4 aromatic rings. The predicted octanol–water partition coefficient (Wildman–Crippen LogP) is 3.26. The molecule has 0 bridgehead atoms. The Bertz CT molecular complexity index is 1270. The molecule has 1 saturated heterocycles. The first-order valence-electron chi connectivity index (χ1n) is 10.7. The van der Waals surface area contributed by atoms with Gasteiger partial charge < -0.3 is 20.9 Å². The summed E-state index contributed by atoms with van der Waals surface area (Å²) in [5.41, 5.74) is 10.1. The summed E-state index contributed by atoms with van der Waals surface area (Å²) in [7, 11) is 0. The SMILES string of the molecule is Cc1ccnc(-c2cccc(NC(=O)C3(N)CCN(c4ncnc5[nH]ccc45)CC3)c2)c1. The fourth-order valence-electron chi connectivity index (χ4n) is 4.16. The van der Waals surface area contributed by atoms with Crippen LogP contribution in [0.4, 0.5) is 11.5 Å². The standard InChI is InChI=1S/C24H25N7O/c1-16-5-9-26-20(13-16)17-3-2-4-18(14-17)30-23(32)24(25)7-11-31(12-8-24)22-19-6-10-27-21(19)28-15-29-22/h2-6,9-10,13-15H,7-8,11-12,25H2,1H3,(H,30,32)(H,27,28,29). The number of aromatic amines is 1. The molecule has 3 aromatic heterocycles. The molecule has 5 rings (SSSR count). The van der Waals surface area contributed by atoms with E-state index in [2.05, 4.69) is 30.2 Å². The van der Waals surface area contributed by atoms with Crippen molar-refractivity contribution in [3.05, 3.63) is 66.7 Å². The number of H-pyrrole nitrogens is 1. The maximum atomic E-state index is 13.1. The van der Waals surface area contributed by atoms with Crippen LogP contribution >= 0.6 is 0 Å². The lowest BCUT2D eigenvalue weighted by atomic mass is 9.87. The van der Waals surface area contributed by atoms with Crippen molar-refractivity contribution in [1.82, 2.24) is 19.9 Å². The number of aromatic nitrogens is 4. The second-order valence-electron chi connectivity index (χ2n) is 8.33. The van der Waals surface area contributed by atoms with Crippen molar-refractivity contribution in [3.8, 4) is 11.3 Å². The van der Waals surface area contributed by atoms with Crippen LogP contribution in [0.1, 0.15) is 18.4 Å². The molecule has 0 spiro atoms. The van der Waals surface area contributed by atoms with Gasteiger partial charge in [-0.05, 0) is 55.7 Å². The van der Waals surface area contributed by atoms with Gasteiger partial charge in [-0.25, -0.2) is 9.97 Å². The smallest absolute Gasteiger partial charge is 0.244 e. The van der Waals surface area contributed by atoms with E-state index in [0.29, 0.717) is 31.6 Å². The van der Waals surface area contributed by atoms with Gasteiger partial charge >= 0.3 is 0 Å². The Morgan fingerprint density at radius 1 is 1.12 bits per heavy atom. The van der Waals surface area contributed by atoms with E-state index in [1.807, 2.05) is 55.6 Å². The van der Waals surface area contributed by atoms with Gasteiger partial charge in [0.1, 0.15) is 17.8 Å². The number of benzene rings is 1. The van der Waals surface area contributed by atoms with E-state index in [4.69, 9.17) is 5.73 Å². The van der Waals surface area contributed by atoms with Crippen LogP contribution in [0, 0.1) is 6.92 Å². The second kappa shape index (κ2) is 8.05. The molecule has 32 heavy (non-hydrogen) atoms. The third kappa shape index (κ3) is 3.80. The Hall–Kier alpha value is -3.78. The first-order chi connectivity index (χ1) is 15.5. The van der Waals surface area contributed by atoms with Crippen molar-refractivity contribution in [3.63, 3.8) is 0 Å². The van der Waals surface area contributed by atoms with Crippen LogP contribution in [-0.4, -0.2) is 44.5 Å². The third-order valence-corrected chi connectivity index (χ3v) is 6.07. The number of piperidine rings is 1. The third-order valence-electron chi connectivity index (χ3n) is 6.07. The molecule has 0 atom stereocenters. The number of hydrogen-bond acceptors (Lipinski definition) is 6. The number of nitrogens with zero attached hydrogens (tertiary/aromatic N) is 4. The summed E-state index contributed by atoms with van der Waals surface area (Å²) >= 11 is 0. The molecule has 0 radical (unpaired) electrons. The number of rotatable bonds is 4. The number of carbonyl (C=O) groups excluding carboxylic acids is 1. The van der Waals surface area contributed by atoms with Crippen molar-refractivity contribution in [2.75, 3.05) is 23.3 Å². The molecule has 1 aromatic carbocycles. The van der Waals surface area contributed by atoms with Crippen LogP contribution in [0.3, 0.4) is 0 Å². The lowest BCUT2D eigenvalue weighted by Crippen LogP contribution is -2.58. The molecule has 1 fully saturated rings. The predicted molar refractivity (Wildman–Crippen MR) is 125 cm³/mol. The van der Waals surface area contributed by atoms with Gasteiger partial charge in [0.25, 0.3) is 0 Å². The minimum absolute atomic E-state index is 0.166. The zero-order chi connectivity index (χ0) is 22.1. The quantitative estimate of drug-likeness (QED) is 0.461. The summed E-state index contributed by atoms with van der Waals surface area (Å²) in [5.74, 6) is 0.707. The van der Waals surface area contributed by atoms with Gasteiger partial charge in [-0.3, -0.25) is 9.78 Å². The van der Waals surface area contributed by atoms with E-state index in [1.165, 1.54) is 0 Å². The highest BCUT2D eigenvalue weighted by Gasteiger charge is 2.38. The highest BCUT2D eigenvalue weighted by atomic mass is 16.2. The average Bonchev–Trinajstić information content (AvgIpc) is 3.29. The van der Waals surface area contributed by atoms with Gasteiger partial charge in [0.15, 0.2) is 0 Å². The van der Waals surface area contributed by atoms with Gasteiger partial charge in [0.05, 0.1) is 16.6 Å². The lowest BCUT2D eigenvalue weighted by molar-refractivity contribution is -0.121. The van der Waals surface area contributed by atoms with E-state index in [1.54, 1.807) is 12.5 Å². The van der Waals surface area contributed by atoms with Crippen LogP contribution in [0.5, 0.6) is 0 Å². The monoisotopic (exact) mass is 427 g/mol. The number of carbonyl (C=O) groups is 1. The zero-order valence-corrected chi connectivity index (χ0v) is 17.9. The second-order valence-corrected chi connectivity index (χ2v) is 8.33. The molecular weight excluding hydrogens is 402 g/mol. The number of nitrogens with one attached hydrogen (secondary N) is 2. The summed E-state index contributed by atoms with van der Waals surface area (Å²) in [4.78, 5) is 31.5. The molecule has 0 unspecified atom stereocenters. The van der Waals surface area contributed by atoms with Gasteiger partial charge in [-0.1, -0.05) is 12.1 Å². The molecule has 8 heteroatoms. The molecule has 8 nitrogen and oxygen atoms in total. The number of anilines is 2. The van der Waals surface area contributed by atoms with Crippen molar-refractivity contribution in [2.24, 2.45) is 5.73 Å². The van der Waals surface area contributed by atoms with Crippen molar-refractivity contribution in [2.45, 2.75) is 25.3 Å². The van der Waals surface area contributed by atoms with Gasteiger partial charge in [-0.15, -0.1) is 0 Å². The summed E-state index contributed by atoms with van der Waals surface area (Å²) in [6.45, 7) is 3.33. The molecule has 0 saturated carbocycles. The van der Waals surface area contributed by atoms with Crippen LogP contribution < -0.4 is 16.0 Å². The fraction of sp³-hybridized carbons (Fsp3) is 0.250. The largest absolute Gasteiger partial charge is 0.356 e. The normalized spacial score (nSPS) is 15.6. The Kier molecular flexibility index (Phi) is 5.07. The number of amides is 1. The summed E-state index contributed by atoms with van der Waals surface area (Å²) in [6, 6.07) is 13.7. The molecule has 1 aliphatic heterocycles. The molecule has 4 heterocycles. The summed E-state index contributed by atoms with van der Waals surface area (Å²) < 4.78 is 0. The van der Waals surface area contributed by atoms with E-state index < -0.39 is 5.54 Å². The van der Waals surface area contributed by atoms with E-state index in [0.717, 1.165) is 33.7 Å². The Morgan fingerprint density at radius 2 is 1.97 bits per heavy atom. The minimum Gasteiger partial charge on any atom is -0.356 e. The number of hydrogen-bond donors (Lipinski definition) is 3. The average molecular weight is 428 g/mol. The lowest BCUT2D eigenvalue weighted by Gasteiger charge is -2.38. The van der Waals surface area contributed by atoms with Gasteiger partial charge in [0.2, 0.25) is 5.91 Å². The molecule has 4 N–H and O–H groups in total. The first kappa shape index (κ1) is 20.1. The van der Waals surface area contributed by atoms with Gasteiger partial charge in [0, 0.05) is 36.7 Å². The van der Waals surface area contributed by atoms with Crippen molar-refractivity contribution in [1.29, 1.82) is 0 Å². The van der Waals surface area contributed by atoms with Crippen LogP contribution in [0.25, 0.3) is 22.3 Å². The number of fused-ring (bicyclic) bond motifs is 1. The first-order valence-corrected chi connectivity index (χ1v) is 10.7. The maximum absolute atomic E-state index is 13.1. The molecule has 1 amide bonds. The Morgan fingerprint density at radius 3 is 2.78 bits per heavy atom. The van der Waals surface area contributed by atoms with Crippen LogP contribution in [-0.2, 0) is 4.79 Å². The summed E-state index contributed by atoms with van der Waals surface area (Å²) in [6.07, 6.45) is 6.27. The van der Waals surface area contributed by atoms with Crippen molar-refractivity contribution >= 4 is 28.4 Å².